The molecule has 0 saturated carbocycles. The molecule has 0 bridgehead atoms. The van der Waals surface area contributed by atoms with E-state index in [2.05, 4.69) is 47.6 Å². The zero-order valence-electron chi connectivity index (χ0n) is 12.0. The number of hydrogen-bond donors (Lipinski definition) is 1. The summed E-state index contributed by atoms with van der Waals surface area (Å²) in [4.78, 5) is 2.26. The topological polar surface area (TPSA) is 24.5 Å². The minimum absolute atomic E-state index is 0.893. The molecule has 0 fully saturated rings. The van der Waals surface area contributed by atoms with Crippen molar-refractivity contribution in [2.75, 3.05) is 30.9 Å². The predicted molar refractivity (Wildman–Crippen MR) is 83.7 cm³/mol. The van der Waals surface area contributed by atoms with Crippen molar-refractivity contribution in [1.29, 1.82) is 0 Å². The van der Waals surface area contributed by atoms with Gasteiger partial charge in [0.25, 0.3) is 0 Å². The van der Waals surface area contributed by atoms with Crippen LogP contribution in [-0.4, -0.2) is 20.7 Å². The molecule has 3 nitrogen and oxygen atoms in total. The smallest absolute Gasteiger partial charge is 0.119 e. The largest absolute Gasteiger partial charge is 0.497 e. The van der Waals surface area contributed by atoms with E-state index in [1.54, 1.807) is 7.11 Å². The van der Waals surface area contributed by atoms with Crippen LogP contribution in [0.25, 0.3) is 0 Å². The fourth-order valence-electron chi connectivity index (χ4n) is 2.73. The minimum Gasteiger partial charge on any atom is -0.497 e. The van der Waals surface area contributed by atoms with Crippen LogP contribution in [0.1, 0.15) is 11.1 Å². The lowest BCUT2D eigenvalue weighted by atomic mass is 10.1. The normalized spacial score (nSPS) is 12.7. The third kappa shape index (κ3) is 2.44. The Morgan fingerprint density at radius 3 is 2.70 bits per heavy atom. The Morgan fingerprint density at radius 2 is 1.95 bits per heavy atom. The highest BCUT2D eigenvalue weighted by Crippen LogP contribution is 2.28. The fraction of sp³-hybridized carbons (Fsp3) is 0.294. The summed E-state index contributed by atoms with van der Waals surface area (Å²) >= 11 is 0. The van der Waals surface area contributed by atoms with Gasteiger partial charge in [-0.25, -0.2) is 0 Å². The lowest BCUT2D eigenvalue weighted by Gasteiger charge is -2.21. The molecule has 0 amide bonds. The van der Waals surface area contributed by atoms with Gasteiger partial charge in [0.05, 0.1) is 7.11 Å². The maximum atomic E-state index is 5.20. The number of fused-ring (bicyclic) bond motifs is 1. The first-order valence-electron chi connectivity index (χ1n) is 6.98. The molecule has 1 heterocycles. The van der Waals surface area contributed by atoms with Crippen molar-refractivity contribution < 1.29 is 4.74 Å². The zero-order valence-corrected chi connectivity index (χ0v) is 12.0. The minimum atomic E-state index is 0.893. The number of anilines is 2. The van der Waals surface area contributed by atoms with E-state index in [9.17, 15) is 0 Å². The van der Waals surface area contributed by atoms with Gasteiger partial charge in [-0.05, 0) is 41.8 Å². The number of benzene rings is 2. The molecule has 0 unspecified atom stereocenters. The highest BCUT2D eigenvalue weighted by molar-refractivity contribution is 5.62. The van der Waals surface area contributed by atoms with E-state index >= 15 is 0 Å². The predicted octanol–water partition coefficient (Wildman–Crippen LogP) is 3.30. The third-order valence-electron chi connectivity index (χ3n) is 3.85. The second-order valence-electron chi connectivity index (χ2n) is 5.18. The SMILES string of the molecule is COc1ccc(N(C)Cc2cccc3c2NCC3)cc1. The van der Waals surface area contributed by atoms with Crippen molar-refractivity contribution in [2.24, 2.45) is 0 Å². The van der Waals surface area contributed by atoms with E-state index in [1.165, 1.54) is 22.5 Å². The maximum absolute atomic E-state index is 5.20. The molecule has 104 valence electrons. The Morgan fingerprint density at radius 1 is 1.15 bits per heavy atom. The van der Waals surface area contributed by atoms with Gasteiger partial charge in [0.1, 0.15) is 5.75 Å². The van der Waals surface area contributed by atoms with Gasteiger partial charge in [-0.1, -0.05) is 18.2 Å². The molecule has 3 rings (SSSR count). The molecule has 2 aromatic carbocycles. The van der Waals surface area contributed by atoms with Crippen molar-refractivity contribution in [3.05, 3.63) is 53.6 Å². The van der Waals surface area contributed by atoms with Gasteiger partial charge in [-0.2, -0.15) is 0 Å². The van der Waals surface area contributed by atoms with Gasteiger partial charge < -0.3 is 15.0 Å². The highest BCUT2D eigenvalue weighted by Gasteiger charge is 2.14. The van der Waals surface area contributed by atoms with Crippen LogP contribution in [0, 0.1) is 0 Å². The number of hydrogen-bond acceptors (Lipinski definition) is 3. The first-order valence-corrected chi connectivity index (χ1v) is 6.98. The van der Waals surface area contributed by atoms with E-state index in [0.717, 1.165) is 25.3 Å². The van der Waals surface area contributed by atoms with E-state index < -0.39 is 0 Å². The first-order chi connectivity index (χ1) is 9.78. The van der Waals surface area contributed by atoms with Gasteiger partial charge in [0.2, 0.25) is 0 Å². The van der Waals surface area contributed by atoms with Gasteiger partial charge >= 0.3 is 0 Å². The molecule has 1 aliphatic rings. The van der Waals surface area contributed by atoms with Gasteiger partial charge in [-0.3, -0.25) is 0 Å². The zero-order chi connectivity index (χ0) is 13.9. The summed E-state index contributed by atoms with van der Waals surface area (Å²) in [6, 6.07) is 14.8. The Labute approximate surface area is 120 Å². The molecule has 0 radical (unpaired) electrons. The van der Waals surface area contributed by atoms with E-state index in [-0.39, 0.29) is 0 Å². The molecular weight excluding hydrogens is 248 g/mol. The van der Waals surface area contributed by atoms with Gasteiger partial charge in [0.15, 0.2) is 0 Å². The average molecular weight is 268 g/mol. The lowest BCUT2D eigenvalue weighted by molar-refractivity contribution is 0.415. The molecule has 1 aliphatic heterocycles. The quantitative estimate of drug-likeness (QED) is 0.920. The maximum Gasteiger partial charge on any atom is 0.119 e. The Kier molecular flexibility index (Phi) is 3.50. The molecular formula is C17H20N2O. The van der Waals surface area contributed by atoms with Crippen molar-refractivity contribution in [3.8, 4) is 5.75 Å². The molecule has 0 spiro atoms. The Bertz CT molecular complexity index is 592. The number of ether oxygens (including phenoxy) is 1. The Hall–Kier alpha value is -2.16. The number of para-hydroxylation sites is 1. The summed E-state index contributed by atoms with van der Waals surface area (Å²) in [5.41, 5.74) is 5.32. The van der Waals surface area contributed by atoms with Crippen LogP contribution in [0.15, 0.2) is 42.5 Å². The van der Waals surface area contributed by atoms with Crippen molar-refractivity contribution in [3.63, 3.8) is 0 Å². The molecule has 0 saturated heterocycles. The average Bonchev–Trinajstić information content (AvgIpc) is 2.97. The molecule has 20 heavy (non-hydrogen) atoms. The summed E-state index contributed by atoms with van der Waals surface area (Å²) < 4.78 is 5.20. The summed E-state index contributed by atoms with van der Waals surface area (Å²) in [5, 5.41) is 3.50. The Balaban J connectivity index is 1.78. The van der Waals surface area contributed by atoms with Gasteiger partial charge in [-0.15, -0.1) is 0 Å². The van der Waals surface area contributed by atoms with Crippen molar-refractivity contribution in [2.45, 2.75) is 13.0 Å². The molecule has 0 aliphatic carbocycles. The van der Waals surface area contributed by atoms with Crippen LogP contribution in [0.3, 0.4) is 0 Å². The molecule has 0 aromatic heterocycles. The van der Waals surface area contributed by atoms with Crippen molar-refractivity contribution in [1.82, 2.24) is 0 Å². The van der Waals surface area contributed by atoms with E-state index in [1.807, 2.05) is 12.1 Å². The van der Waals surface area contributed by atoms with Crippen LogP contribution in [0.2, 0.25) is 0 Å². The summed E-state index contributed by atoms with van der Waals surface area (Å²) in [6.07, 6.45) is 1.13. The number of rotatable bonds is 4. The summed E-state index contributed by atoms with van der Waals surface area (Å²) in [7, 11) is 3.81. The standard InChI is InChI=1S/C17H20N2O/c1-19(15-6-8-16(20-2)9-7-15)12-14-5-3-4-13-10-11-18-17(13)14/h3-9,18H,10-12H2,1-2H3. The van der Waals surface area contributed by atoms with Crippen LogP contribution in [0.5, 0.6) is 5.75 Å². The second kappa shape index (κ2) is 5.45. The van der Waals surface area contributed by atoms with Crippen LogP contribution in [-0.2, 0) is 13.0 Å². The lowest BCUT2D eigenvalue weighted by Crippen LogP contribution is -2.17. The number of nitrogens with zero attached hydrogens (tertiary/aromatic N) is 1. The third-order valence-corrected chi connectivity index (χ3v) is 3.85. The van der Waals surface area contributed by atoms with Crippen LogP contribution >= 0.6 is 0 Å². The van der Waals surface area contributed by atoms with Gasteiger partial charge in [0, 0.05) is 31.5 Å². The van der Waals surface area contributed by atoms with Crippen molar-refractivity contribution >= 4 is 11.4 Å². The van der Waals surface area contributed by atoms with Crippen LogP contribution in [0.4, 0.5) is 11.4 Å². The molecule has 3 heteroatoms. The number of nitrogens with one attached hydrogen (secondary N) is 1. The molecule has 1 N–H and O–H groups in total. The summed E-state index contributed by atoms with van der Waals surface area (Å²) in [5.74, 6) is 0.893. The highest BCUT2D eigenvalue weighted by atomic mass is 16.5. The molecule has 2 aromatic rings. The number of methoxy groups -OCH3 is 1. The fourth-order valence-corrected chi connectivity index (χ4v) is 2.73. The van der Waals surface area contributed by atoms with E-state index in [0.29, 0.717) is 0 Å². The monoisotopic (exact) mass is 268 g/mol. The first kappa shape index (κ1) is 12.9. The van der Waals surface area contributed by atoms with Crippen LogP contribution < -0.4 is 15.0 Å². The van der Waals surface area contributed by atoms with E-state index in [4.69, 9.17) is 4.74 Å². The molecule has 0 atom stereocenters. The second-order valence-corrected chi connectivity index (χ2v) is 5.18. The summed E-state index contributed by atoms with van der Waals surface area (Å²) in [6.45, 7) is 1.96.